The highest BCUT2D eigenvalue weighted by Crippen LogP contribution is 2.27. The first-order valence-electron chi connectivity index (χ1n) is 10.6. The zero-order valence-corrected chi connectivity index (χ0v) is 19.2. The van der Waals surface area contributed by atoms with Gasteiger partial charge < -0.3 is 20.3 Å². The molecule has 0 aliphatic carbocycles. The standard InChI is InChI=1S/C24H28ClN3O4/c1-15(2)12-26-24(31)17-10-23(30)28(13-17)19-6-8-20(9-7-19)32-14-22(29)27-18-5-4-16(3)21(25)11-18/h4-9,11,15,17H,10,12-14H2,1-3H3,(H,26,31)(H,27,29)/t17-/m1/s1. The van der Waals surface area contributed by atoms with Crippen molar-refractivity contribution >= 4 is 40.7 Å². The summed E-state index contributed by atoms with van der Waals surface area (Å²) < 4.78 is 5.54. The number of carbonyl (C=O) groups excluding carboxylic acids is 3. The van der Waals surface area contributed by atoms with Crippen LogP contribution in [0.4, 0.5) is 11.4 Å². The molecule has 1 aliphatic heterocycles. The second kappa shape index (κ2) is 10.5. The van der Waals surface area contributed by atoms with Gasteiger partial charge in [-0.3, -0.25) is 14.4 Å². The van der Waals surface area contributed by atoms with Crippen LogP contribution in [-0.2, 0) is 14.4 Å². The molecule has 7 nitrogen and oxygen atoms in total. The molecule has 1 heterocycles. The van der Waals surface area contributed by atoms with E-state index in [0.717, 1.165) is 5.56 Å². The van der Waals surface area contributed by atoms with Gasteiger partial charge >= 0.3 is 0 Å². The number of nitrogens with zero attached hydrogens (tertiary/aromatic N) is 1. The van der Waals surface area contributed by atoms with Crippen LogP contribution in [-0.4, -0.2) is 37.4 Å². The maximum atomic E-state index is 12.4. The third-order valence-electron chi connectivity index (χ3n) is 5.15. The molecule has 0 radical (unpaired) electrons. The van der Waals surface area contributed by atoms with Gasteiger partial charge in [0, 0.05) is 35.9 Å². The molecule has 1 atom stereocenters. The molecule has 0 aromatic heterocycles. The third-order valence-corrected chi connectivity index (χ3v) is 5.56. The summed E-state index contributed by atoms with van der Waals surface area (Å²) >= 11 is 6.07. The van der Waals surface area contributed by atoms with Gasteiger partial charge in [-0.2, -0.15) is 0 Å². The average molecular weight is 458 g/mol. The molecule has 170 valence electrons. The molecule has 0 saturated carbocycles. The Morgan fingerprint density at radius 2 is 1.91 bits per heavy atom. The number of carbonyl (C=O) groups is 3. The molecule has 3 rings (SSSR count). The lowest BCUT2D eigenvalue weighted by atomic mass is 10.1. The van der Waals surface area contributed by atoms with E-state index in [2.05, 4.69) is 10.6 Å². The van der Waals surface area contributed by atoms with Crippen molar-refractivity contribution in [2.45, 2.75) is 27.2 Å². The minimum atomic E-state index is -0.351. The second-order valence-electron chi connectivity index (χ2n) is 8.34. The Labute approximate surface area is 193 Å². The largest absolute Gasteiger partial charge is 0.484 e. The molecule has 2 aromatic carbocycles. The van der Waals surface area contributed by atoms with E-state index in [1.54, 1.807) is 41.3 Å². The summed E-state index contributed by atoms with van der Waals surface area (Å²) in [5.74, 6) is 0.0326. The predicted octanol–water partition coefficient (Wildman–Crippen LogP) is 3.79. The lowest BCUT2D eigenvalue weighted by Crippen LogP contribution is -2.35. The maximum absolute atomic E-state index is 12.4. The van der Waals surface area contributed by atoms with Crippen molar-refractivity contribution in [1.29, 1.82) is 0 Å². The van der Waals surface area contributed by atoms with Crippen LogP contribution in [0.1, 0.15) is 25.8 Å². The number of anilines is 2. The van der Waals surface area contributed by atoms with Crippen molar-refractivity contribution in [3.8, 4) is 5.75 Å². The topological polar surface area (TPSA) is 87.7 Å². The SMILES string of the molecule is Cc1ccc(NC(=O)COc2ccc(N3C[C@H](C(=O)NCC(C)C)CC3=O)cc2)cc1Cl. The summed E-state index contributed by atoms with van der Waals surface area (Å²) in [6, 6.07) is 12.2. The van der Waals surface area contributed by atoms with Gasteiger partial charge in [0.25, 0.3) is 5.91 Å². The monoisotopic (exact) mass is 457 g/mol. The quantitative estimate of drug-likeness (QED) is 0.631. The van der Waals surface area contributed by atoms with Crippen LogP contribution in [0.3, 0.4) is 0 Å². The highest BCUT2D eigenvalue weighted by atomic mass is 35.5. The van der Waals surface area contributed by atoms with Crippen molar-refractivity contribution in [2.24, 2.45) is 11.8 Å². The smallest absolute Gasteiger partial charge is 0.262 e. The molecular formula is C24H28ClN3O4. The minimum absolute atomic E-state index is 0.0838. The Hall–Kier alpha value is -3.06. The van der Waals surface area contributed by atoms with E-state index >= 15 is 0 Å². The number of hydrogen-bond acceptors (Lipinski definition) is 4. The minimum Gasteiger partial charge on any atom is -0.484 e. The van der Waals surface area contributed by atoms with Crippen molar-refractivity contribution < 1.29 is 19.1 Å². The van der Waals surface area contributed by atoms with E-state index in [9.17, 15) is 14.4 Å². The molecule has 8 heteroatoms. The molecule has 2 N–H and O–H groups in total. The van der Waals surface area contributed by atoms with E-state index < -0.39 is 0 Å². The Morgan fingerprint density at radius 1 is 1.19 bits per heavy atom. The maximum Gasteiger partial charge on any atom is 0.262 e. The van der Waals surface area contributed by atoms with Crippen LogP contribution in [0.15, 0.2) is 42.5 Å². The molecule has 2 aromatic rings. The van der Waals surface area contributed by atoms with Gasteiger partial charge in [-0.15, -0.1) is 0 Å². The van der Waals surface area contributed by atoms with Crippen LogP contribution >= 0.6 is 11.6 Å². The molecule has 1 fully saturated rings. The second-order valence-corrected chi connectivity index (χ2v) is 8.75. The van der Waals surface area contributed by atoms with Gasteiger partial charge in [0.05, 0.1) is 5.92 Å². The number of halogens is 1. The average Bonchev–Trinajstić information content (AvgIpc) is 3.15. The molecule has 32 heavy (non-hydrogen) atoms. The summed E-state index contributed by atoms with van der Waals surface area (Å²) in [7, 11) is 0. The number of rotatable bonds is 8. The number of hydrogen-bond donors (Lipinski definition) is 2. The van der Waals surface area contributed by atoms with E-state index in [1.165, 1.54) is 0 Å². The number of nitrogens with one attached hydrogen (secondary N) is 2. The first-order valence-corrected chi connectivity index (χ1v) is 11.0. The molecular weight excluding hydrogens is 430 g/mol. The van der Waals surface area contributed by atoms with Crippen LogP contribution in [0.25, 0.3) is 0 Å². The van der Waals surface area contributed by atoms with Crippen LogP contribution in [0.5, 0.6) is 5.75 Å². The Morgan fingerprint density at radius 3 is 2.56 bits per heavy atom. The Bertz CT molecular complexity index is 991. The van der Waals surface area contributed by atoms with Crippen molar-refractivity contribution in [2.75, 3.05) is 29.9 Å². The highest BCUT2D eigenvalue weighted by Gasteiger charge is 2.35. The summed E-state index contributed by atoms with van der Waals surface area (Å²) in [5, 5.41) is 6.21. The summed E-state index contributed by atoms with van der Waals surface area (Å²) in [6.45, 7) is 6.73. The normalized spacial score (nSPS) is 15.7. The number of ether oxygens (including phenoxy) is 1. The third kappa shape index (κ3) is 6.23. The van der Waals surface area contributed by atoms with E-state index in [1.807, 2.05) is 26.8 Å². The summed E-state index contributed by atoms with van der Waals surface area (Å²) in [6.07, 6.45) is 0.200. The fourth-order valence-electron chi connectivity index (χ4n) is 3.32. The van der Waals surface area contributed by atoms with Gasteiger partial charge in [-0.25, -0.2) is 0 Å². The van der Waals surface area contributed by atoms with Gasteiger partial charge in [-0.1, -0.05) is 31.5 Å². The molecule has 1 saturated heterocycles. The highest BCUT2D eigenvalue weighted by molar-refractivity contribution is 6.31. The van der Waals surface area contributed by atoms with E-state index in [0.29, 0.717) is 41.2 Å². The molecule has 1 aliphatic rings. The number of aryl methyl sites for hydroxylation is 1. The van der Waals surface area contributed by atoms with Gasteiger partial charge in [0.2, 0.25) is 11.8 Å². The lowest BCUT2D eigenvalue weighted by molar-refractivity contribution is -0.126. The molecule has 0 spiro atoms. The fourth-order valence-corrected chi connectivity index (χ4v) is 3.50. The van der Waals surface area contributed by atoms with E-state index in [-0.39, 0.29) is 36.7 Å². The number of amides is 3. The fraction of sp³-hybridized carbons (Fsp3) is 0.375. The first kappa shape index (κ1) is 23.6. The van der Waals surface area contributed by atoms with Crippen LogP contribution in [0.2, 0.25) is 5.02 Å². The van der Waals surface area contributed by atoms with Crippen molar-refractivity contribution in [3.05, 3.63) is 53.1 Å². The predicted molar refractivity (Wildman–Crippen MR) is 125 cm³/mol. The van der Waals surface area contributed by atoms with Crippen LogP contribution < -0.4 is 20.3 Å². The Kier molecular flexibility index (Phi) is 7.75. The van der Waals surface area contributed by atoms with Gasteiger partial charge in [0.1, 0.15) is 5.75 Å². The molecule has 3 amide bonds. The summed E-state index contributed by atoms with van der Waals surface area (Å²) in [4.78, 5) is 38.4. The van der Waals surface area contributed by atoms with Crippen molar-refractivity contribution in [1.82, 2.24) is 5.32 Å². The zero-order chi connectivity index (χ0) is 23.3. The van der Waals surface area contributed by atoms with Crippen molar-refractivity contribution in [3.63, 3.8) is 0 Å². The van der Waals surface area contributed by atoms with Gasteiger partial charge in [-0.05, 0) is 54.8 Å². The van der Waals surface area contributed by atoms with Gasteiger partial charge in [0.15, 0.2) is 6.61 Å². The zero-order valence-electron chi connectivity index (χ0n) is 18.5. The Balaban J connectivity index is 1.51. The summed E-state index contributed by atoms with van der Waals surface area (Å²) in [5.41, 5.74) is 2.23. The first-order chi connectivity index (χ1) is 15.2. The molecule has 0 unspecified atom stereocenters. The van der Waals surface area contributed by atoms with Crippen LogP contribution in [0, 0.1) is 18.8 Å². The number of benzene rings is 2. The molecule has 0 bridgehead atoms. The lowest BCUT2D eigenvalue weighted by Gasteiger charge is -2.17. The van der Waals surface area contributed by atoms with E-state index in [4.69, 9.17) is 16.3 Å².